The third kappa shape index (κ3) is 3.09. The van der Waals surface area contributed by atoms with Crippen molar-refractivity contribution in [2.45, 2.75) is 6.04 Å². The van der Waals surface area contributed by atoms with Gasteiger partial charge in [0.2, 0.25) is 5.76 Å². The quantitative estimate of drug-likeness (QED) is 0.391. The van der Waals surface area contributed by atoms with E-state index in [1.165, 1.54) is 4.90 Å². The number of rotatable bonds is 3. The number of fused-ring (bicyclic) bond motifs is 2. The van der Waals surface area contributed by atoms with Crippen LogP contribution in [-0.4, -0.2) is 13.0 Å². The van der Waals surface area contributed by atoms with Crippen LogP contribution in [0.3, 0.4) is 0 Å². The second-order valence-corrected chi connectivity index (χ2v) is 7.93. The van der Waals surface area contributed by atoms with Crippen LogP contribution in [0.25, 0.3) is 11.0 Å². The molecule has 2 heterocycles. The number of nitrogens with zero attached hydrogens (tertiary/aromatic N) is 1. The number of hydrogen-bond acceptors (Lipinski definition) is 4. The zero-order valence-electron chi connectivity index (χ0n) is 16.3. The second-order valence-electron chi connectivity index (χ2n) is 7.12. The third-order valence-electron chi connectivity index (χ3n) is 5.39. The van der Waals surface area contributed by atoms with Crippen molar-refractivity contribution in [2.24, 2.45) is 0 Å². The van der Waals surface area contributed by atoms with Gasteiger partial charge in [-0.05, 0) is 54.1 Å². The maximum absolute atomic E-state index is 13.5. The Bertz CT molecular complexity index is 1400. The fraction of sp³-hybridized carbons (Fsp3) is 0.0833. The fourth-order valence-corrected chi connectivity index (χ4v) is 4.23. The lowest BCUT2D eigenvalue weighted by Crippen LogP contribution is -2.29. The van der Waals surface area contributed by atoms with E-state index in [2.05, 4.69) is 0 Å². The number of ether oxygens (including phenoxy) is 1. The molecule has 1 amide bonds. The predicted molar refractivity (Wildman–Crippen MR) is 121 cm³/mol. The van der Waals surface area contributed by atoms with Gasteiger partial charge in [-0.2, -0.15) is 0 Å². The van der Waals surface area contributed by atoms with Gasteiger partial charge in [-0.3, -0.25) is 14.5 Å². The summed E-state index contributed by atoms with van der Waals surface area (Å²) in [7, 11) is 1.57. The van der Waals surface area contributed by atoms with Gasteiger partial charge in [-0.1, -0.05) is 41.4 Å². The number of anilines is 1. The van der Waals surface area contributed by atoms with E-state index in [1.807, 2.05) is 0 Å². The molecule has 3 aromatic carbocycles. The lowest BCUT2D eigenvalue weighted by molar-refractivity contribution is 0.0971. The standard InChI is InChI=1S/C24H15Cl2NO4/c1-30-15-9-7-14(8-10-15)27-21(13-6-11-17(25)18(26)12-13)20-22(28)16-4-2-3-5-19(16)31-23(20)24(27)29/h2-12,21H,1H3. The van der Waals surface area contributed by atoms with Crippen molar-refractivity contribution >= 4 is 45.8 Å². The molecule has 31 heavy (non-hydrogen) atoms. The molecule has 1 unspecified atom stereocenters. The van der Waals surface area contributed by atoms with Crippen molar-refractivity contribution in [3.63, 3.8) is 0 Å². The van der Waals surface area contributed by atoms with E-state index >= 15 is 0 Å². The van der Waals surface area contributed by atoms with E-state index in [9.17, 15) is 9.59 Å². The van der Waals surface area contributed by atoms with Crippen molar-refractivity contribution in [1.82, 2.24) is 0 Å². The highest BCUT2D eigenvalue weighted by molar-refractivity contribution is 6.42. The number of carbonyl (C=O) groups is 1. The van der Waals surface area contributed by atoms with Crippen molar-refractivity contribution < 1.29 is 13.9 Å². The van der Waals surface area contributed by atoms with Gasteiger partial charge in [0, 0.05) is 5.69 Å². The highest BCUT2D eigenvalue weighted by Gasteiger charge is 2.43. The summed E-state index contributed by atoms with van der Waals surface area (Å²) in [5, 5.41) is 1.13. The highest BCUT2D eigenvalue weighted by atomic mass is 35.5. The van der Waals surface area contributed by atoms with Crippen molar-refractivity contribution in [3.8, 4) is 5.75 Å². The van der Waals surface area contributed by atoms with Crippen LogP contribution in [0.5, 0.6) is 5.75 Å². The number of hydrogen-bond donors (Lipinski definition) is 0. The molecule has 0 radical (unpaired) electrons. The summed E-state index contributed by atoms with van der Waals surface area (Å²) in [6.07, 6.45) is 0. The summed E-state index contributed by atoms with van der Waals surface area (Å²) in [4.78, 5) is 28.5. The third-order valence-corrected chi connectivity index (χ3v) is 6.13. The Balaban J connectivity index is 1.79. The predicted octanol–water partition coefficient (Wildman–Crippen LogP) is 5.86. The summed E-state index contributed by atoms with van der Waals surface area (Å²) in [6, 6.07) is 18.3. The molecule has 5 nitrogen and oxygen atoms in total. The summed E-state index contributed by atoms with van der Waals surface area (Å²) in [5.74, 6) is 0.272. The fourth-order valence-electron chi connectivity index (χ4n) is 3.93. The molecule has 1 atom stereocenters. The Kier molecular flexibility index (Phi) is 4.73. The highest BCUT2D eigenvalue weighted by Crippen LogP contribution is 2.42. The average Bonchev–Trinajstić information content (AvgIpc) is 3.08. The number of amides is 1. The van der Waals surface area contributed by atoms with E-state index < -0.39 is 11.9 Å². The molecule has 1 aliphatic heterocycles. The maximum atomic E-state index is 13.5. The first-order valence-corrected chi connectivity index (χ1v) is 10.2. The summed E-state index contributed by atoms with van der Waals surface area (Å²) < 4.78 is 11.2. The molecule has 0 saturated carbocycles. The topological polar surface area (TPSA) is 59.8 Å². The zero-order chi connectivity index (χ0) is 21.7. The van der Waals surface area contributed by atoms with Gasteiger partial charge in [0.05, 0.1) is 34.1 Å². The SMILES string of the molecule is COc1ccc(N2C(=O)c3oc4ccccc4c(=O)c3C2c2ccc(Cl)c(Cl)c2)cc1. The maximum Gasteiger partial charge on any atom is 0.295 e. The Morgan fingerprint density at radius 3 is 2.39 bits per heavy atom. The van der Waals surface area contributed by atoms with E-state index in [0.29, 0.717) is 38.0 Å². The lowest BCUT2D eigenvalue weighted by atomic mass is 9.98. The first-order valence-electron chi connectivity index (χ1n) is 9.48. The van der Waals surface area contributed by atoms with Crippen molar-refractivity contribution in [1.29, 1.82) is 0 Å². The monoisotopic (exact) mass is 451 g/mol. The Hall–Kier alpha value is -3.28. The number of carbonyl (C=O) groups excluding carboxylic acids is 1. The summed E-state index contributed by atoms with van der Waals surface area (Å²) in [5.41, 5.74) is 1.64. The molecule has 0 N–H and O–H groups in total. The minimum Gasteiger partial charge on any atom is -0.497 e. The Labute approximate surface area is 187 Å². The number of halogens is 2. The van der Waals surface area contributed by atoms with Gasteiger partial charge in [0.25, 0.3) is 5.91 Å². The molecule has 154 valence electrons. The smallest absolute Gasteiger partial charge is 0.295 e. The van der Waals surface area contributed by atoms with Gasteiger partial charge in [-0.25, -0.2) is 0 Å². The molecule has 4 aromatic rings. The number of methoxy groups -OCH3 is 1. The zero-order valence-corrected chi connectivity index (χ0v) is 17.8. The molecule has 0 saturated heterocycles. The largest absolute Gasteiger partial charge is 0.497 e. The molecule has 1 aromatic heterocycles. The van der Waals surface area contributed by atoms with E-state index in [0.717, 1.165) is 0 Å². The van der Waals surface area contributed by atoms with Gasteiger partial charge >= 0.3 is 0 Å². The first-order chi connectivity index (χ1) is 15.0. The molecular formula is C24H15Cl2NO4. The molecule has 5 rings (SSSR count). The average molecular weight is 452 g/mol. The van der Waals surface area contributed by atoms with E-state index in [-0.39, 0.29) is 16.8 Å². The lowest BCUT2D eigenvalue weighted by Gasteiger charge is -2.25. The minimum atomic E-state index is -0.716. The molecule has 7 heteroatoms. The first kappa shape index (κ1) is 19.7. The molecule has 1 aliphatic rings. The Morgan fingerprint density at radius 1 is 0.935 bits per heavy atom. The van der Waals surface area contributed by atoms with Crippen molar-refractivity contribution in [2.75, 3.05) is 12.0 Å². The summed E-state index contributed by atoms with van der Waals surface area (Å²) in [6.45, 7) is 0. The van der Waals surface area contributed by atoms with Gasteiger partial charge in [0.1, 0.15) is 11.3 Å². The number of benzene rings is 3. The van der Waals surface area contributed by atoms with Gasteiger partial charge in [0.15, 0.2) is 5.43 Å². The number of para-hydroxylation sites is 1. The molecular weight excluding hydrogens is 437 g/mol. The van der Waals surface area contributed by atoms with Crippen LogP contribution in [0, 0.1) is 0 Å². The van der Waals surface area contributed by atoms with E-state index in [4.69, 9.17) is 32.4 Å². The van der Waals surface area contributed by atoms with Crippen LogP contribution in [0.1, 0.15) is 27.7 Å². The van der Waals surface area contributed by atoms with Crippen molar-refractivity contribution in [3.05, 3.63) is 104 Å². The minimum absolute atomic E-state index is 0.0237. The normalized spacial score (nSPS) is 15.4. The van der Waals surface area contributed by atoms with Crippen LogP contribution in [0.2, 0.25) is 10.0 Å². The van der Waals surface area contributed by atoms with Crippen LogP contribution in [0.15, 0.2) is 75.9 Å². The molecule has 0 bridgehead atoms. The molecule has 0 spiro atoms. The second kappa shape index (κ2) is 7.45. The Morgan fingerprint density at radius 2 is 1.68 bits per heavy atom. The molecule has 0 aliphatic carbocycles. The summed E-state index contributed by atoms with van der Waals surface area (Å²) >= 11 is 12.4. The van der Waals surface area contributed by atoms with Gasteiger partial charge in [-0.15, -0.1) is 0 Å². The molecule has 0 fully saturated rings. The van der Waals surface area contributed by atoms with Crippen LogP contribution in [0.4, 0.5) is 5.69 Å². The van der Waals surface area contributed by atoms with Crippen LogP contribution in [-0.2, 0) is 0 Å². The van der Waals surface area contributed by atoms with Gasteiger partial charge < -0.3 is 9.15 Å². The van der Waals surface area contributed by atoms with Crippen LogP contribution >= 0.6 is 23.2 Å². The van der Waals surface area contributed by atoms with Crippen LogP contribution < -0.4 is 15.1 Å². The van der Waals surface area contributed by atoms with E-state index in [1.54, 1.807) is 73.8 Å².